The van der Waals surface area contributed by atoms with E-state index in [4.69, 9.17) is 4.74 Å². The highest BCUT2D eigenvalue weighted by molar-refractivity contribution is 5.66. The lowest BCUT2D eigenvalue weighted by atomic mass is 9.74. The lowest BCUT2D eigenvalue weighted by Gasteiger charge is -2.39. The van der Waals surface area contributed by atoms with Crippen LogP contribution in [0.15, 0.2) is 60.7 Å². The second kappa shape index (κ2) is 8.50. The number of ether oxygens (including phenoxy) is 1. The third-order valence-electron chi connectivity index (χ3n) is 6.41. The maximum atomic E-state index is 11.3. The van der Waals surface area contributed by atoms with Gasteiger partial charge in [0, 0.05) is 19.6 Å². The van der Waals surface area contributed by atoms with Crippen LogP contribution in [0.1, 0.15) is 43.2 Å². The summed E-state index contributed by atoms with van der Waals surface area (Å²) in [5.41, 5.74) is 3.16. The van der Waals surface area contributed by atoms with Crippen LogP contribution in [0.4, 0.5) is 0 Å². The van der Waals surface area contributed by atoms with Crippen LogP contribution in [0.5, 0.6) is 5.75 Å². The first-order valence-electron chi connectivity index (χ1n) is 10.5. The number of rotatable bonds is 5. The average Bonchev–Trinajstić information content (AvgIpc) is 2.75. The average molecular weight is 378 g/mol. The Balaban J connectivity index is 1.37. The van der Waals surface area contributed by atoms with Crippen LogP contribution in [0, 0.1) is 5.92 Å². The zero-order valence-electron chi connectivity index (χ0n) is 16.8. The summed E-state index contributed by atoms with van der Waals surface area (Å²) in [6, 6.07) is 18.7. The molecule has 28 heavy (non-hydrogen) atoms. The minimum Gasteiger partial charge on any atom is -0.497 e. The van der Waals surface area contributed by atoms with Crippen molar-refractivity contribution in [1.82, 2.24) is 4.90 Å². The van der Waals surface area contributed by atoms with Crippen molar-refractivity contribution in [2.24, 2.45) is 5.92 Å². The van der Waals surface area contributed by atoms with Gasteiger partial charge in [-0.05, 0) is 66.9 Å². The van der Waals surface area contributed by atoms with Crippen molar-refractivity contribution in [3.05, 3.63) is 71.8 Å². The van der Waals surface area contributed by atoms with E-state index in [9.17, 15) is 5.11 Å². The molecular weight excluding hydrogens is 346 g/mol. The molecule has 0 bridgehead atoms. The van der Waals surface area contributed by atoms with Gasteiger partial charge in [-0.25, -0.2) is 0 Å². The lowest BCUT2D eigenvalue weighted by Crippen LogP contribution is -2.39. The van der Waals surface area contributed by atoms with E-state index in [-0.39, 0.29) is 0 Å². The van der Waals surface area contributed by atoms with Crippen molar-refractivity contribution < 1.29 is 9.84 Å². The van der Waals surface area contributed by atoms with E-state index in [1.54, 1.807) is 7.11 Å². The molecule has 1 saturated carbocycles. The number of aliphatic hydroxyl groups is 1. The Labute approximate surface area is 168 Å². The molecule has 2 aromatic carbocycles. The highest BCUT2D eigenvalue weighted by Crippen LogP contribution is 2.41. The van der Waals surface area contributed by atoms with Crippen molar-refractivity contribution in [1.29, 1.82) is 0 Å². The zero-order valence-corrected chi connectivity index (χ0v) is 16.8. The van der Waals surface area contributed by atoms with Gasteiger partial charge in [0.2, 0.25) is 0 Å². The minimum atomic E-state index is -0.698. The highest BCUT2D eigenvalue weighted by Gasteiger charge is 2.36. The summed E-state index contributed by atoms with van der Waals surface area (Å²) < 4.78 is 5.26. The number of hydrogen-bond donors (Lipinski definition) is 1. The molecule has 3 nitrogen and oxygen atoms in total. The molecule has 4 rings (SSSR count). The normalized spacial score (nSPS) is 25.9. The summed E-state index contributed by atoms with van der Waals surface area (Å²) in [6.45, 7) is 3.21. The minimum absolute atomic E-state index is 0.549. The molecular formula is C25H31NO2. The van der Waals surface area contributed by atoms with Gasteiger partial charge in [-0.3, -0.25) is 4.90 Å². The first-order chi connectivity index (χ1) is 13.7. The molecule has 1 N–H and O–H groups in total. The quantitative estimate of drug-likeness (QED) is 0.807. The van der Waals surface area contributed by atoms with Gasteiger partial charge in [-0.15, -0.1) is 0 Å². The molecule has 0 spiro atoms. The van der Waals surface area contributed by atoms with E-state index in [2.05, 4.69) is 41.3 Å². The van der Waals surface area contributed by atoms with E-state index in [0.29, 0.717) is 5.92 Å². The van der Waals surface area contributed by atoms with E-state index in [1.165, 1.54) is 17.6 Å². The first-order valence-corrected chi connectivity index (χ1v) is 10.5. The molecule has 1 aliphatic heterocycles. The molecule has 0 radical (unpaired) electrons. The molecule has 0 saturated heterocycles. The number of hydrogen-bond acceptors (Lipinski definition) is 3. The maximum absolute atomic E-state index is 11.3. The van der Waals surface area contributed by atoms with Crippen LogP contribution in [0.2, 0.25) is 0 Å². The summed E-state index contributed by atoms with van der Waals surface area (Å²) >= 11 is 0. The molecule has 1 aliphatic carbocycles. The van der Waals surface area contributed by atoms with Gasteiger partial charge in [-0.1, -0.05) is 48.5 Å². The van der Waals surface area contributed by atoms with E-state index in [1.807, 2.05) is 24.3 Å². The molecule has 2 atom stereocenters. The van der Waals surface area contributed by atoms with Crippen molar-refractivity contribution in [2.45, 2.75) is 37.7 Å². The van der Waals surface area contributed by atoms with Crippen LogP contribution in [0.3, 0.4) is 0 Å². The van der Waals surface area contributed by atoms with Crippen molar-refractivity contribution in [2.75, 3.05) is 26.7 Å². The molecule has 3 heteroatoms. The number of methoxy groups -OCH3 is 1. The molecule has 1 heterocycles. The number of benzene rings is 2. The monoisotopic (exact) mass is 377 g/mol. The Morgan fingerprint density at radius 3 is 2.57 bits per heavy atom. The maximum Gasteiger partial charge on any atom is 0.118 e. The van der Waals surface area contributed by atoms with Gasteiger partial charge in [-0.2, -0.15) is 0 Å². The van der Waals surface area contributed by atoms with Crippen LogP contribution in [0.25, 0.3) is 5.57 Å². The van der Waals surface area contributed by atoms with Crippen molar-refractivity contribution in [3.8, 4) is 5.75 Å². The SMILES string of the molecule is COc1ccc(C2(O)CCC[C@@H](CN3CC=C(c4ccccc4)CC3)C2)cc1. The molecule has 0 aromatic heterocycles. The van der Waals surface area contributed by atoms with E-state index < -0.39 is 5.60 Å². The fourth-order valence-corrected chi connectivity index (χ4v) is 4.84. The van der Waals surface area contributed by atoms with E-state index >= 15 is 0 Å². The third-order valence-corrected chi connectivity index (χ3v) is 6.41. The second-order valence-electron chi connectivity index (χ2n) is 8.33. The number of nitrogens with zero attached hydrogens (tertiary/aromatic N) is 1. The summed E-state index contributed by atoms with van der Waals surface area (Å²) in [4.78, 5) is 2.55. The Morgan fingerprint density at radius 1 is 1.11 bits per heavy atom. The molecule has 148 valence electrons. The highest BCUT2D eigenvalue weighted by atomic mass is 16.5. The molecule has 2 aromatic rings. The Hall–Kier alpha value is -2.10. The van der Waals surface area contributed by atoms with Gasteiger partial charge in [0.15, 0.2) is 0 Å². The van der Waals surface area contributed by atoms with Crippen molar-refractivity contribution >= 4 is 5.57 Å². The van der Waals surface area contributed by atoms with Crippen molar-refractivity contribution in [3.63, 3.8) is 0 Å². The van der Waals surface area contributed by atoms with Crippen LogP contribution in [-0.4, -0.2) is 36.8 Å². The largest absolute Gasteiger partial charge is 0.497 e. The second-order valence-corrected chi connectivity index (χ2v) is 8.33. The Morgan fingerprint density at radius 2 is 1.89 bits per heavy atom. The standard InChI is InChI=1S/C25H31NO2/c1-28-24-11-9-23(10-12-24)25(27)15-5-6-20(18-25)19-26-16-13-22(14-17-26)21-7-3-2-4-8-21/h2-4,7-13,20,27H,5-6,14-19H2,1H3/t20-,25?/m1/s1. The summed E-state index contributed by atoms with van der Waals surface area (Å²) in [6.07, 6.45) is 7.51. The third kappa shape index (κ3) is 4.31. The van der Waals surface area contributed by atoms with Crippen LogP contribution in [-0.2, 0) is 5.60 Å². The van der Waals surface area contributed by atoms with Crippen LogP contribution >= 0.6 is 0 Å². The zero-order chi connectivity index (χ0) is 19.4. The van der Waals surface area contributed by atoms with Gasteiger partial charge < -0.3 is 9.84 Å². The van der Waals surface area contributed by atoms with Gasteiger partial charge >= 0.3 is 0 Å². The first kappa shape index (κ1) is 19.2. The molecule has 1 unspecified atom stereocenters. The predicted molar refractivity (Wildman–Crippen MR) is 114 cm³/mol. The van der Waals surface area contributed by atoms with Gasteiger partial charge in [0.1, 0.15) is 5.75 Å². The smallest absolute Gasteiger partial charge is 0.118 e. The molecule has 1 fully saturated rings. The predicted octanol–water partition coefficient (Wildman–Crippen LogP) is 4.86. The van der Waals surface area contributed by atoms with Gasteiger partial charge in [0.05, 0.1) is 12.7 Å². The summed E-state index contributed by atoms with van der Waals surface area (Å²) in [5, 5.41) is 11.3. The Kier molecular flexibility index (Phi) is 5.84. The molecule has 0 amide bonds. The van der Waals surface area contributed by atoms with E-state index in [0.717, 1.165) is 56.6 Å². The summed E-state index contributed by atoms with van der Waals surface area (Å²) in [7, 11) is 1.68. The van der Waals surface area contributed by atoms with Gasteiger partial charge in [0.25, 0.3) is 0 Å². The Bertz CT molecular complexity index is 799. The topological polar surface area (TPSA) is 32.7 Å². The lowest BCUT2D eigenvalue weighted by molar-refractivity contribution is -0.0266. The van der Waals surface area contributed by atoms with Crippen LogP contribution < -0.4 is 4.74 Å². The summed E-state index contributed by atoms with van der Waals surface area (Å²) in [5.74, 6) is 1.39. The fourth-order valence-electron chi connectivity index (χ4n) is 4.84. The fraction of sp³-hybridized carbons (Fsp3) is 0.440. The molecule has 2 aliphatic rings.